The Bertz CT molecular complexity index is 626. The molecule has 1 aromatic heterocycles. The van der Waals surface area contributed by atoms with E-state index in [4.69, 9.17) is 22.3 Å². The number of aromatic nitrogens is 2. The molecule has 0 spiro atoms. The molecule has 1 saturated carbocycles. The Hall–Kier alpha value is -1.06. The molecule has 0 radical (unpaired) electrons. The number of hydrogen-bond donors (Lipinski definition) is 1. The molecule has 114 valence electrons. The number of aryl methyl sites for hydroxylation is 1. The van der Waals surface area contributed by atoms with Gasteiger partial charge in [-0.2, -0.15) is 0 Å². The third kappa shape index (κ3) is 2.47. The summed E-state index contributed by atoms with van der Waals surface area (Å²) in [5.41, 5.74) is 8.33. The lowest BCUT2D eigenvalue weighted by atomic mass is 9.73. The van der Waals surface area contributed by atoms with Crippen LogP contribution in [0.5, 0.6) is 0 Å². The van der Waals surface area contributed by atoms with Gasteiger partial charge in [-0.05, 0) is 31.4 Å². The van der Waals surface area contributed by atoms with Crippen molar-refractivity contribution in [1.29, 1.82) is 0 Å². The van der Waals surface area contributed by atoms with Crippen molar-refractivity contribution in [3.8, 4) is 0 Å². The zero-order valence-corrected chi connectivity index (χ0v) is 13.5. The minimum absolute atomic E-state index is 0.0375. The van der Waals surface area contributed by atoms with Crippen LogP contribution in [0.15, 0.2) is 18.2 Å². The van der Waals surface area contributed by atoms with Gasteiger partial charge in [0.2, 0.25) is 0 Å². The lowest BCUT2D eigenvalue weighted by Crippen LogP contribution is -2.39. The van der Waals surface area contributed by atoms with E-state index in [9.17, 15) is 0 Å². The molecule has 0 atom stereocenters. The lowest BCUT2D eigenvalue weighted by molar-refractivity contribution is 0.277. The highest BCUT2D eigenvalue weighted by atomic mass is 35.5. The molecule has 0 saturated heterocycles. The molecule has 1 aromatic carbocycles. The van der Waals surface area contributed by atoms with Crippen LogP contribution in [0.4, 0.5) is 0 Å². The summed E-state index contributed by atoms with van der Waals surface area (Å²) in [5, 5.41) is 0.794. The first kappa shape index (κ1) is 14.9. The first-order chi connectivity index (χ1) is 10.2. The van der Waals surface area contributed by atoms with Crippen molar-refractivity contribution in [2.45, 2.75) is 57.4 Å². The van der Waals surface area contributed by atoms with Crippen molar-refractivity contribution in [1.82, 2.24) is 9.55 Å². The molecule has 3 nitrogen and oxygen atoms in total. The Morgan fingerprint density at radius 3 is 2.71 bits per heavy atom. The maximum absolute atomic E-state index is 6.45. The molecule has 3 rings (SSSR count). The van der Waals surface area contributed by atoms with Crippen LogP contribution in [0, 0.1) is 0 Å². The minimum atomic E-state index is 0.0375. The maximum atomic E-state index is 6.45. The van der Waals surface area contributed by atoms with Crippen LogP contribution < -0.4 is 5.73 Å². The quantitative estimate of drug-likeness (QED) is 0.917. The van der Waals surface area contributed by atoms with E-state index >= 15 is 0 Å². The van der Waals surface area contributed by atoms with Crippen molar-refractivity contribution in [2.75, 3.05) is 6.54 Å². The first-order valence-electron chi connectivity index (χ1n) is 8.07. The van der Waals surface area contributed by atoms with Crippen LogP contribution in [-0.2, 0) is 12.0 Å². The molecule has 1 fully saturated rings. The van der Waals surface area contributed by atoms with Gasteiger partial charge in [-0.3, -0.25) is 0 Å². The second-order valence-corrected chi connectivity index (χ2v) is 6.65. The molecule has 1 aliphatic rings. The number of nitrogens with two attached hydrogens (primary N) is 1. The number of nitrogens with zero attached hydrogens (tertiary/aromatic N) is 2. The smallest absolute Gasteiger partial charge is 0.117 e. The monoisotopic (exact) mass is 305 g/mol. The highest BCUT2D eigenvalue weighted by Crippen LogP contribution is 2.40. The molecule has 0 bridgehead atoms. The highest BCUT2D eigenvalue weighted by Gasteiger charge is 2.37. The van der Waals surface area contributed by atoms with Crippen molar-refractivity contribution in [2.24, 2.45) is 5.73 Å². The summed E-state index contributed by atoms with van der Waals surface area (Å²) < 4.78 is 2.33. The van der Waals surface area contributed by atoms with Crippen LogP contribution in [-0.4, -0.2) is 16.1 Å². The van der Waals surface area contributed by atoms with Crippen LogP contribution >= 0.6 is 11.6 Å². The molecular formula is C17H24ClN3. The molecule has 0 unspecified atom stereocenters. The fourth-order valence-corrected chi connectivity index (χ4v) is 4.01. The van der Waals surface area contributed by atoms with Gasteiger partial charge >= 0.3 is 0 Å². The van der Waals surface area contributed by atoms with Gasteiger partial charge in [0.25, 0.3) is 0 Å². The number of imidazole rings is 1. The summed E-state index contributed by atoms with van der Waals surface area (Å²) in [4.78, 5) is 4.96. The van der Waals surface area contributed by atoms with E-state index in [1.807, 2.05) is 12.1 Å². The van der Waals surface area contributed by atoms with E-state index in [1.165, 1.54) is 19.3 Å². The van der Waals surface area contributed by atoms with E-state index in [2.05, 4.69) is 17.6 Å². The zero-order chi connectivity index (χ0) is 14.9. The van der Waals surface area contributed by atoms with Gasteiger partial charge < -0.3 is 10.3 Å². The van der Waals surface area contributed by atoms with E-state index in [-0.39, 0.29) is 5.41 Å². The van der Waals surface area contributed by atoms with E-state index < -0.39 is 0 Å². The summed E-state index contributed by atoms with van der Waals surface area (Å²) in [7, 11) is 0. The number of rotatable bonds is 4. The van der Waals surface area contributed by atoms with Crippen molar-refractivity contribution >= 4 is 22.6 Å². The van der Waals surface area contributed by atoms with Gasteiger partial charge in [0, 0.05) is 18.5 Å². The fourth-order valence-electron chi connectivity index (χ4n) is 3.74. The molecule has 2 aromatic rings. The van der Waals surface area contributed by atoms with Gasteiger partial charge in [-0.1, -0.05) is 43.9 Å². The molecule has 0 amide bonds. The van der Waals surface area contributed by atoms with Crippen LogP contribution in [0.3, 0.4) is 0 Å². The highest BCUT2D eigenvalue weighted by molar-refractivity contribution is 6.35. The zero-order valence-electron chi connectivity index (χ0n) is 12.7. The van der Waals surface area contributed by atoms with Gasteiger partial charge in [0.15, 0.2) is 0 Å². The molecule has 2 N–H and O–H groups in total. The van der Waals surface area contributed by atoms with Gasteiger partial charge in [-0.25, -0.2) is 4.98 Å². The number of hydrogen-bond acceptors (Lipinski definition) is 2. The van der Waals surface area contributed by atoms with Gasteiger partial charge in [0.05, 0.1) is 16.1 Å². The van der Waals surface area contributed by atoms with Crippen LogP contribution in [0.25, 0.3) is 11.0 Å². The molecule has 1 heterocycles. The molecule has 21 heavy (non-hydrogen) atoms. The predicted octanol–water partition coefficient (Wildman–Crippen LogP) is 4.26. The van der Waals surface area contributed by atoms with E-state index in [1.54, 1.807) is 0 Å². The number of halogens is 1. The average molecular weight is 306 g/mol. The Labute approximate surface area is 131 Å². The summed E-state index contributed by atoms with van der Waals surface area (Å²) in [6.07, 6.45) is 7.18. The van der Waals surface area contributed by atoms with Crippen molar-refractivity contribution in [3.63, 3.8) is 0 Å². The third-order valence-corrected chi connectivity index (χ3v) is 5.15. The Morgan fingerprint density at radius 2 is 2.05 bits per heavy atom. The second-order valence-electron chi connectivity index (χ2n) is 6.24. The Balaban J connectivity index is 2.21. The second kappa shape index (κ2) is 5.98. The molecule has 0 aliphatic heterocycles. The lowest BCUT2D eigenvalue weighted by Gasteiger charge is -2.36. The normalized spacial score (nSPS) is 18.2. The first-order valence-corrected chi connectivity index (χ1v) is 8.45. The Kier molecular flexibility index (Phi) is 4.23. The van der Waals surface area contributed by atoms with Crippen LogP contribution in [0.1, 0.15) is 51.3 Å². The summed E-state index contributed by atoms with van der Waals surface area (Å²) in [6.45, 7) is 3.83. The third-order valence-electron chi connectivity index (χ3n) is 4.84. The summed E-state index contributed by atoms with van der Waals surface area (Å²) in [5.74, 6) is 1.16. The molecule has 4 heteroatoms. The summed E-state index contributed by atoms with van der Waals surface area (Å²) >= 11 is 6.45. The Morgan fingerprint density at radius 1 is 1.29 bits per heavy atom. The largest absolute Gasteiger partial charge is 0.329 e. The van der Waals surface area contributed by atoms with Gasteiger partial charge in [-0.15, -0.1) is 0 Å². The number of benzene rings is 1. The van der Waals surface area contributed by atoms with E-state index in [0.717, 1.165) is 47.7 Å². The minimum Gasteiger partial charge on any atom is -0.329 e. The number of fused-ring (bicyclic) bond motifs is 1. The van der Waals surface area contributed by atoms with E-state index in [0.29, 0.717) is 6.54 Å². The van der Waals surface area contributed by atoms with Crippen molar-refractivity contribution in [3.05, 3.63) is 29.0 Å². The SMILES string of the molecule is CCCn1c(C2(CN)CCCCC2)nc2cccc(Cl)c21. The topological polar surface area (TPSA) is 43.8 Å². The maximum Gasteiger partial charge on any atom is 0.117 e. The average Bonchev–Trinajstić information content (AvgIpc) is 2.89. The van der Waals surface area contributed by atoms with Crippen LogP contribution in [0.2, 0.25) is 5.02 Å². The summed E-state index contributed by atoms with van der Waals surface area (Å²) in [6, 6.07) is 6.00. The molecule has 1 aliphatic carbocycles. The van der Waals surface area contributed by atoms with Gasteiger partial charge in [0.1, 0.15) is 5.82 Å². The van der Waals surface area contributed by atoms with Crippen molar-refractivity contribution < 1.29 is 0 Å². The number of para-hydroxylation sites is 1. The molecular weight excluding hydrogens is 282 g/mol. The predicted molar refractivity (Wildman–Crippen MR) is 88.9 cm³/mol. The fraction of sp³-hybridized carbons (Fsp3) is 0.588. The standard InChI is InChI=1S/C17H24ClN3/c1-2-11-21-15-13(18)7-6-8-14(15)20-16(21)17(12-19)9-4-3-5-10-17/h6-8H,2-5,9-12,19H2,1H3.